The molecule has 0 aromatic heterocycles. The van der Waals surface area contributed by atoms with Crippen LogP contribution in [0.15, 0.2) is 122 Å². The molecule has 0 aliphatic heterocycles. The first-order valence-corrected chi connectivity index (χ1v) is 18.7. The van der Waals surface area contributed by atoms with Crippen LogP contribution in [0.5, 0.6) is 0 Å². The summed E-state index contributed by atoms with van der Waals surface area (Å²) in [6.45, 7) is 4.18. The minimum Gasteiger partial charge on any atom is -0.544 e. The van der Waals surface area contributed by atoms with Gasteiger partial charge < -0.3 is 28.6 Å². The van der Waals surface area contributed by atoms with Crippen molar-refractivity contribution >= 4 is 17.9 Å². The number of carbonyl (C=O) groups is 3. The quantitative estimate of drug-likeness (QED) is 0.0243. The van der Waals surface area contributed by atoms with E-state index in [0.717, 1.165) is 38.5 Å². The molecule has 8 nitrogen and oxygen atoms in total. The molecule has 0 aromatic carbocycles. The summed E-state index contributed by atoms with van der Waals surface area (Å²) in [5.41, 5.74) is 0. The Hall–Kier alpha value is -4.27. The molecule has 52 heavy (non-hydrogen) atoms. The van der Waals surface area contributed by atoms with Crippen LogP contribution in [-0.2, 0) is 28.6 Å². The van der Waals surface area contributed by atoms with Gasteiger partial charge in [-0.05, 0) is 44.9 Å². The first kappa shape index (κ1) is 47.7. The standard InChI is InChI=1S/C44H65NO7/c1-6-8-10-12-14-16-17-18-19-20-21-22-23-24-25-27-28-30-32-34-42(46)51-39-40(38-50-37-36-41(44(48)49)45(3,4)5)52-43(47)35-33-31-29-26-15-13-11-9-7-2/h8-12,14-26,31,33,40-41H,6-7,13,27-30,32,34-39H2,1-5H3/b10-8+,11-9+,14-12+,17-16+,19-18+,21-20+,23-22+,25-24+,26-15+,33-31+. The van der Waals surface area contributed by atoms with Gasteiger partial charge in [0.25, 0.3) is 0 Å². The molecule has 0 rings (SSSR count). The summed E-state index contributed by atoms with van der Waals surface area (Å²) in [5.74, 6) is -1.97. The lowest BCUT2D eigenvalue weighted by atomic mass is 10.1. The number of carboxylic acids is 1. The van der Waals surface area contributed by atoms with Crippen LogP contribution in [0.3, 0.4) is 0 Å². The average Bonchev–Trinajstić information content (AvgIpc) is 3.09. The highest BCUT2D eigenvalue weighted by molar-refractivity contribution is 5.71. The van der Waals surface area contributed by atoms with Crippen molar-refractivity contribution in [1.29, 1.82) is 0 Å². The minimum atomic E-state index is -1.15. The molecule has 0 amide bonds. The number of carbonyl (C=O) groups excluding carboxylic acids is 3. The molecular weight excluding hydrogens is 654 g/mol. The van der Waals surface area contributed by atoms with Crippen LogP contribution in [0.1, 0.15) is 84.5 Å². The van der Waals surface area contributed by atoms with Crippen molar-refractivity contribution in [3.05, 3.63) is 122 Å². The third-order valence-corrected chi connectivity index (χ3v) is 7.32. The number of quaternary nitrogens is 1. The molecular formula is C44H65NO7. The van der Waals surface area contributed by atoms with Crippen molar-refractivity contribution in [2.24, 2.45) is 0 Å². The van der Waals surface area contributed by atoms with E-state index in [2.05, 4.69) is 44.2 Å². The van der Waals surface area contributed by atoms with Gasteiger partial charge in [-0.15, -0.1) is 0 Å². The molecule has 2 unspecified atom stereocenters. The van der Waals surface area contributed by atoms with Gasteiger partial charge in [-0.25, -0.2) is 0 Å². The monoisotopic (exact) mass is 719 g/mol. The minimum absolute atomic E-state index is 0.0203. The number of hydrogen-bond acceptors (Lipinski definition) is 7. The van der Waals surface area contributed by atoms with Gasteiger partial charge in [0.05, 0.1) is 46.7 Å². The molecule has 0 bridgehead atoms. The van der Waals surface area contributed by atoms with E-state index < -0.39 is 24.1 Å². The van der Waals surface area contributed by atoms with E-state index >= 15 is 0 Å². The summed E-state index contributed by atoms with van der Waals surface area (Å²) in [5, 5.41) is 11.6. The van der Waals surface area contributed by atoms with Gasteiger partial charge in [-0.1, -0.05) is 142 Å². The second-order valence-corrected chi connectivity index (χ2v) is 12.9. The maximum absolute atomic E-state index is 12.5. The van der Waals surface area contributed by atoms with Crippen molar-refractivity contribution in [3.8, 4) is 0 Å². The molecule has 0 fully saturated rings. The molecule has 0 aromatic rings. The van der Waals surface area contributed by atoms with Crippen LogP contribution in [0.4, 0.5) is 0 Å². The lowest BCUT2D eigenvalue weighted by Crippen LogP contribution is -2.55. The SMILES string of the molecule is CC/C=C/C=C/C=C/C=C/C=C/C=C/C=C/CCCCCC(=O)OCC(COCCC(C(=O)[O-])[N+](C)(C)C)OC(=O)C/C=C/C/C=C/C/C=C/CC. The molecule has 0 radical (unpaired) electrons. The van der Waals surface area contributed by atoms with Gasteiger partial charge in [0, 0.05) is 12.8 Å². The van der Waals surface area contributed by atoms with Gasteiger partial charge >= 0.3 is 11.9 Å². The fraction of sp³-hybridized carbons (Fsp3) is 0.477. The fourth-order valence-corrected chi connectivity index (χ4v) is 4.47. The lowest BCUT2D eigenvalue weighted by molar-refractivity contribution is -0.889. The number of unbranched alkanes of at least 4 members (excludes halogenated alkanes) is 3. The Bertz CT molecular complexity index is 1260. The van der Waals surface area contributed by atoms with Crippen molar-refractivity contribution in [3.63, 3.8) is 0 Å². The van der Waals surface area contributed by atoms with Crippen molar-refractivity contribution < 1.29 is 38.2 Å². The highest BCUT2D eigenvalue weighted by atomic mass is 16.6. The van der Waals surface area contributed by atoms with Crippen LogP contribution in [0.25, 0.3) is 0 Å². The Morgan fingerprint density at radius 1 is 0.615 bits per heavy atom. The summed E-state index contributed by atoms with van der Waals surface area (Å²) < 4.78 is 16.9. The molecule has 288 valence electrons. The second-order valence-electron chi connectivity index (χ2n) is 12.9. The summed E-state index contributed by atoms with van der Waals surface area (Å²) in [4.78, 5) is 36.5. The first-order chi connectivity index (χ1) is 25.1. The highest BCUT2D eigenvalue weighted by Crippen LogP contribution is 2.09. The second kappa shape index (κ2) is 33.9. The van der Waals surface area contributed by atoms with Crippen LogP contribution >= 0.6 is 0 Å². The van der Waals surface area contributed by atoms with E-state index in [4.69, 9.17) is 14.2 Å². The van der Waals surface area contributed by atoms with Gasteiger partial charge in [0.1, 0.15) is 12.6 Å². The molecule has 8 heteroatoms. The third-order valence-electron chi connectivity index (χ3n) is 7.32. The number of ether oxygens (including phenoxy) is 3. The zero-order valence-corrected chi connectivity index (χ0v) is 32.4. The molecule has 0 heterocycles. The van der Waals surface area contributed by atoms with Gasteiger partial charge in [0.2, 0.25) is 0 Å². The summed E-state index contributed by atoms with van der Waals surface area (Å²) in [6.07, 6.45) is 47.0. The Labute approximate surface area is 314 Å². The number of nitrogens with zero attached hydrogens (tertiary/aromatic N) is 1. The van der Waals surface area contributed by atoms with E-state index in [1.54, 1.807) is 27.2 Å². The molecule has 2 atom stereocenters. The number of allylic oxidation sites excluding steroid dienone is 19. The maximum atomic E-state index is 12.5. The van der Waals surface area contributed by atoms with Crippen LogP contribution in [0.2, 0.25) is 0 Å². The third kappa shape index (κ3) is 31.7. The van der Waals surface area contributed by atoms with E-state index in [1.807, 2.05) is 85.1 Å². The zero-order valence-electron chi connectivity index (χ0n) is 32.4. The van der Waals surface area contributed by atoms with Crippen molar-refractivity contribution in [2.45, 2.75) is 96.6 Å². The Morgan fingerprint density at radius 3 is 1.71 bits per heavy atom. The summed E-state index contributed by atoms with van der Waals surface area (Å²) >= 11 is 0. The largest absolute Gasteiger partial charge is 0.544 e. The fourth-order valence-electron chi connectivity index (χ4n) is 4.47. The predicted molar refractivity (Wildman–Crippen MR) is 212 cm³/mol. The normalized spacial score (nSPS) is 14.4. The molecule has 0 aliphatic rings. The van der Waals surface area contributed by atoms with E-state index in [0.29, 0.717) is 12.8 Å². The van der Waals surface area contributed by atoms with Gasteiger partial charge in [-0.2, -0.15) is 0 Å². The van der Waals surface area contributed by atoms with E-state index in [1.165, 1.54) is 0 Å². The Kier molecular flexibility index (Phi) is 31.1. The van der Waals surface area contributed by atoms with Gasteiger partial charge in [0.15, 0.2) is 6.10 Å². The highest BCUT2D eigenvalue weighted by Gasteiger charge is 2.25. The predicted octanol–water partition coefficient (Wildman–Crippen LogP) is 8.18. The van der Waals surface area contributed by atoms with Crippen LogP contribution < -0.4 is 5.11 Å². The molecule has 0 N–H and O–H groups in total. The number of carboxylic acid groups (broad SMARTS) is 1. The van der Waals surface area contributed by atoms with Gasteiger partial charge in [-0.3, -0.25) is 9.59 Å². The van der Waals surface area contributed by atoms with Crippen molar-refractivity contribution in [1.82, 2.24) is 0 Å². The van der Waals surface area contributed by atoms with E-state index in [-0.39, 0.29) is 49.5 Å². The van der Waals surface area contributed by atoms with Crippen LogP contribution in [0, 0.1) is 0 Å². The average molecular weight is 720 g/mol. The van der Waals surface area contributed by atoms with Crippen LogP contribution in [-0.4, -0.2) is 75.5 Å². The maximum Gasteiger partial charge on any atom is 0.310 e. The summed E-state index contributed by atoms with van der Waals surface area (Å²) in [7, 11) is 5.33. The number of aliphatic carboxylic acids is 1. The Balaban J connectivity index is 4.59. The number of rotatable bonds is 30. The molecule has 0 saturated heterocycles. The molecule has 0 saturated carbocycles. The number of hydrogen-bond donors (Lipinski definition) is 0. The van der Waals surface area contributed by atoms with Crippen molar-refractivity contribution in [2.75, 3.05) is 41.0 Å². The Morgan fingerprint density at radius 2 is 1.15 bits per heavy atom. The number of likely N-dealkylation sites (N-methyl/N-ethyl adjacent to an activating group) is 1. The molecule has 0 spiro atoms. The lowest BCUT2D eigenvalue weighted by Gasteiger charge is -2.34. The summed E-state index contributed by atoms with van der Waals surface area (Å²) in [6, 6.07) is -0.753. The van der Waals surface area contributed by atoms with E-state index in [9.17, 15) is 19.5 Å². The number of esters is 2. The topological polar surface area (TPSA) is 102 Å². The molecule has 0 aliphatic carbocycles. The smallest absolute Gasteiger partial charge is 0.310 e. The zero-order chi connectivity index (χ0) is 38.5. The first-order valence-electron chi connectivity index (χ1n) is 18.7.